The summed E-state index contributed by atoms with van der Waals surface area (Å²) in [7, 11) is 0. The largest absolute Gasteiger partial charge is 0.458 e. The van der Waals surface area contributed by atoms with Gasteiger partial charge in [-0.05, 0) is 88.5 Å². The fourth-order valence-corrected chi connectivity index (χ4v) is 13.0. The van der Waals surface area contributed by atoms with Gasteiger partial charge in [-0.15, -0.1) is 0 Å². The fraction of sp³-hybridized carbons (Fsp3) is 0.925. The van der Waals surface area contributed by atoms with Gasteiger partial charge in [-0.1, -0.05) is 13.8 Å². The summed E-state index contributed by atoms with van der Waals surface area (Å²) >= 11 is 0. The zero-order valence-corrected chi connectivity index (χ0v) is 32.5. The molecule has 4 aliphatic carbocycles. The van der Waals surface area contributed by atoms with Crippen LogP contribution in [0.2, 0.25) is 0 Å². The van der Waals surface area contributed by atoms with Gasteiger partial charge in [-0.3, -0.25) is 4.74 Å². The van der Waals surface area contributed by atoms with E-state index >= 15 is 0 Å². The average Bonchev–Trinajstić information content (AvgIpc) is 3.47. The number of hydrogen-bond acceptors (Lipinski definition) is 15. The Hall–Kier alpha value is -1.31. The summed E-state index contributed by atoms with van der Waals surface area (Å²) in [5.74, 6) is 0.392. The van der Waals surface area contributed by atoms with Crippen LogP contribution in [0.25, 0.3) is 0 Å². The Morgan fingerprint density at radius 1 is 0.745 bits per heavy atom. The van der Waals surface area contributed by atoms with Crippen molar-refractivity contribution in [2.24, 2.45) is 28.6 Å². The van der Waals surface area contributed by atoms with Crippen molar-refractivity contribution >= 4 is 5.97 Å². The maximum absolute atomic E-state index is 12.0. The van der Waals surface area contributed by atoms with Crippen molar-refractivity contribution in [1.82, 2.24) is 0 Å². The van der Waals surface area contributed by atoms with E-state index in [4.69, 9.17) is 42.6 Å². The highest BCUT2D eigenvalue weighted by Gasteiger charge is 2.87. The first-order valence-corrected chi connectivity index (χ1v) is 20.6. The van der Waals surface area contributed by atoms with E-state index in [9.17, 15) is 30.3 Å². The van der Waals surface area contributed by atoms with Crippen LogP contribution in [0.5, 0.6) is 0 Å². The number of hydrogen-bond donors (Lipinski definition) is 5. The van der Waals surface area contributed by atoms with Crippen LogP contribution in [0.1, 0.15) is 98.8 Å². The third-order valence-corrected chi connectivity index (χ3v) is 15.8. The third kappa shape index (κ3) is 6.12. The molecule has 4 saturated carbocycles. The summed E-state index contributed by atoms with van der Waals surface area (Å²) in [6.07, 6.45) is -1.00. The summed E-state index contributed by atoms with van der Waals surface area (Å²) in [5.41, 5.74) is 0.126. The molecule has 21 atom stereocenters. The summed E-state index contributed by atoms with van der Waals surface area (Å²) in [5, 5.41) is 53.6. The van der Waals surface area contributed by atoms with E-state index in [0.717, 1.165) is 50.5 Å². The van der Waals surface area contributed by atoms with Gasteiger partial charge in [0.2, 0.25) is 0 Å². The van der Waals surface area contributed by atoms with Crippen LogP contribution in [0.4, 0.5) is 0 Å². The molecule has 2 spiro atoms. The average molecular weight is 781 g/mol. The summed E-state index contributed by atoms with van der Waals surface area (Å²) in [4.78, 5) is 12.0. The molecule has 0 aromatic heterocycles. The van der Waals surface area contributed by atoms with Gasteiger partial charge in [0.25, 0.3) is 6.48 Å². The lowest BCUT2D eigenvalue weighted by Gasteiger charge is -2.58. The molecular weight excluding hydrogens is 720 g/mol. The Balaban J connectivity index is 0.777. The highest BCUT2D eigenvalue weighted by molar-refractivity contribution is 5.85. The SMILES string of the molecule is CC1OC(O[C@H]2C(C)OC(O[C@@H]3C(O)C[C@@H](OC4CC[C@@]5(C)C6CC[C@]7(C)C(C8=CC(=O)OC8)C(O)C[C@]78OC68CC[C@H]5C4)OC3C)OC2O)CC(O)C1O. The molecule has 5 aliphatic heterocycles. The minimum absolute atomic E-state index is 0.0140. The number of aliphatic hydroxyl groups excluding tert-OH is 5. The Morgan fingerprint density at radius 3 is 2.18 bits per heavy atom. The molecule has 8 fully saturated rings. The molecule has 5 heterocycles. The minimum Gasteiger partial charge on any atom is -0.458 e. The molecule has 310 valence electrons. The molecular formula is C40H60O15. The number of carbonyl (C=O) groups is 1. The zero-order valence-electron chi connectivity index (χ0n) is 32.5. The smallest absolute Gasteiger partial charge is 0.331 e. The van der Waals surface area contributed by atoms with Crippen molar-refractivity contribution in [3.8, 4) is 0 Å². The molecule has 5 N–H and O–H groups in total. The van der Waals surface area contributed by atoms with E-state index < -0.39 is 80.3 Å². The van der Waals surface area contributed by atoms with Gasteiger partial charge in [0.05, 0.1) is 42.7 Å². The van der Waals surface area contributed by atoms with Gasteiger partial charge >= 0.3 is 5.97 Å². The second-order valence-corrected chi connectivity index (χ2v) is 18.7. The standard InChI is InChI=1S/C40H60O15/c1-18-32(45)24(41)14-30(48-18)52-34-20(3)50-36(54-35(34)46)53-33-19(2)49-29(15-25(33)42)51-23-7-9-37(4)22(13-23)6-11-39-27(37)8-10-38(5)31(21-12-28(44)47-17-21)26(43)16-40(38,39)55-39/h12,18-20,22-27,29-36,41-43,45-46H,6-11,13-17H2,1-5H3/t18?,19?,20?,22-,23?,24?,25?,26?,27?,29+,30?,31?,32?,33-,34-,35?,36?,37+,38+,39?,40-/m0/s1. The Bertz CT molecular complexity index is 1480. The lowest BCUT2D eigenvalue weighted by atomic mass is 9.44. The summed E-state index contributed by atoms with van der Waals surface area (Å²) in [6, 6.07) is 0. The maximum atomic E-state index is 12.0. The monoisotopic (exact) mass is 780 g/mol. The van der Waals surface area contributed by atoms with Crippen LogP contribution in [-0.2, 0) is 47.4 Å². The quantitative estimate of drug-likeness (QED) is 0.142. The topological polar surface area (TPSA) is 205 Å². The number of cyclic esters (lactones) is 1. The number of epoxide rings is 1. The summed E-state index contributed by atoms with van der Waals surface area (Å²) < 4.78 is 54.1. The van der Waals surface area contributed by atoms with Gasteiger partial charge in [0.1, 0.15) is 36.1 Å². The normalized spacial score (nSPS) is 57.5. The van der Waals surface area contributed by atoms with Gasteiger partial charge in [0.15, 0.2) is 18.9 Å². The molecule has 14 unspecified atom stereocenters. The first-order valence-electron chi connectivity index (χ1n) is 20.6. The van der Waals surface area contributed by atoms with E-state index in [1.807, 2.05) is 0 Å². The first-order chi connectivity index (χ1) is 26.1. The Labute approximate surface area is 321 Å². The molecule has 0 amide bonds. The van der Waals surface area contributed by atoms with Gasteiger partial charge in [-0.2, -0.15) is 0 Å². The first kappa shape index (κ1) is 39.2. The molecule has 9 rings (SSSR count). The van der Waals surface area contributed by atoms with Gasteiger partial charge in [-0.25, -0.2) is 4.79 Å². The van der Waals surface area contributed by atoms with Crippen LogP contribution in [0.15, 0.2) is 11.6 Å². The van der Waals surface area contributed by atoms with Crippen LogP contribution in [0.3, 0.4) is 0 Å². The molecule has 15 nitrogen and oxygen atoms in total. The van der Waals surface area contributed by atoms with E-state index in [2.05, 4.69) is 13.8 Å². The lowest BCUT2D eigenvalue weighted by Crippen LogP contribution is -2.59. The van der Waals surface area contributed by atoms with Crippen molar-refractivity contribution in [3.63, 3.8) is 0 Å². The Kier molecular flexibility index (Phi) is 9.89. The van der Waals surface area contributed by atoms with Gasteiger partial charge < -0.3 is 63.4 Å². The highest BCUT2D eigenvalue weighted by atomic mass is 16.9. The van der Waals surface area contributed by atoms with Crippen molar-refractivity contribution in [1.29, 1.82) is 0 Å². The van der Waals surface area contributed by atoms with Crippen molar-refractivity contribution in [2.75, 3.05) is 6.61 Å². The maximum Gasteiger partial charge on any atom is 0.331 e. The second kappa shape index (κ2) is 13.9. The van der Waals surface area contributed by atoms with Crippen molar-refractivity contribution in [3.05, 3.63) is 11.6 Å². The number of ether oxygens (including phenoxy) is 9. The summed E-state index contributed by atoms with van der Waals surface area (Å²) in [6.45, 7) is 8.81. The Morgan fingerprint density at radius 2 is 1.47 bits per heavy atom. The molecule has 15 heteroatoms. The number of esters is 1. The minimum atomic E-state index is -1.44. The molecule has 0 aromatic rings. The lowest BCUT2D eigenvalue weighted by molar-refractivity contribution is -0.437. The van der Waals surface area contributed by atoms with Crippen LogP contribution < -0.4 is 0 Å². The predicted molar refractivity (Wildman–Crippen MR) is 187 cm³/mol. The van der Waals surface area contributed by atoms with Crippen molar-refractivity contribution < 1.29 is 73.0 Å². The predicted octanol–water partition coefficient (Wildman–Crippen LogP) is 1.92. The highest BCUT2D eigenvalue weighted by Crippen LogP contribution is 2.81. The molecule has 0 aromatic carbocycles. The van der Waals surface area contributed by atoms with Crippen molar-refractivity contribution in [2.45, 2.75) is 196 Å². The van der Waals surface area contributed by atoms with Crippen LogP contribution in [-0.4, -0.2) is 136 Å². The number of carbonyl (C=O) groups excluding carboxylic acids is 1. The number of aliphatic hydroxyl groups is 5. The molecule has 4 saturated heterocycles. The van der Waals surface area contributed by atoms with Crippen LogP contribution >= 0.6 is 0 Å². The van der Waals surface area contributed by atoms with E-state index in [1.54, 1.807) is 26.8 Å². The second-order valence-electron chi connectivity index (χ2n) is 18.7. The van der Waals surface area contributed by atoms with Crippen LogP contribution in [0, 0.1) is 28.6 Å². The third-order valence-electron chi connectivity index (χ3n) is 15.8. The van der Waals surface area contributed by atoms with E-state index in [-0.39, 0.29) is 59.5 Å². The molecule has 55 heavy (non-hydrogen) atoms. The number of fused-ring (bicyclic) bond motifs is 2. The van der Waals surface area contributed by atoms with E-state index in [1.165, 1.54) is 0 Å². The molecule has 0 radical (unpaired) electrons. The molecule has 9 aliphatic rings. The fourth-order valence-electron chi connectivity index (χ4n) is 13.0. The zero-order chi connectivity index (χ0) is 38.8. The van der Waals surface area contributed by atoms with E-state index in [0.29, 0.717) is 18.3 Å². The number of rotatable bonds is 7. The molecule has 0 bridgehead atoms. The van der Waals surface area contributed by atoms with Gasteiger partial charge in [0, 0.05) is 36.7 Å².